The van der Waals surface area contributed by atoms with Gasteiger partial charge in [-0.2, -0.15) is 0 Å². The third-order valence-electron chi connectivity index (χ3n) is 3.45. The van der Waals surface area contributed by atoms with Crippen molar-refractivity contribution in [2.75, 3.05) is 13.1 Å². The van der Waals surface area contributed by atoms with Crippen LogP contribution in [0.2, 0.25) is 0 Å². The zero-order valence-electron chi connectivity index (χ0n) is 8.00. The molecule has 0 aromatic heterocycles. The van der Waals surface area contributed by atoms with Gasteiger partial charge in [0, 0.05) is 12.6 Å². The summed E-state index contributed by atoms with van der Waals surface area (Å²) in [4.78, 5) is 2.66. The van der Waals surface area contributed by atoms with Crippen LogP contribution in [0.25, 0.3) is 0 Å². The molecular weight excluding hydrogens is 146 g/mol. The van der Waals surface area contributed by atoms with Crippen LogP contribution in [-0.2, 0) is 0 Å². The van der Waals surface area contributed by atoms with Crippen molar-refractivity contribution >= 4 is 0 Å². The lowest BCUT2D eigenvalue weighted by Crippen LogP contribution is -2.29. The molecule has 1 nitrogen and oxygen atoms in total. The topological polar surface area (TPSA) is 3.24 Å². The van der Waals surface area contributed by atoms with Crippen LogP contribution >= 0.6 is 0 Å². The molecule has 0 N–H and O–H groups in total. The minimum atomic E-state index is 0.946. The van der Waals surface area contributed by atoms with Gasteiger partial charge < -0.3 is 0 Å². The van der Waals surface area contributed by atoms with Crippen molar-refractivity contribution in [3.63, 3.8) is 0 Å². The first-order valence-corrected chi connectivity index (χ1v) is 5.27. The van der Waals surface area contributed by atoms with Gasteiger partial charge in [-0.3, -0.25) is 4.90 Å². The summed E-state index contributed by atoms with van der Waals surface area (Å²) in [7, 11) is 0. The maximum Gasteiger partial charge on any atom is 0.0166 e. The normalized spacial score (nSPS) is 36.4. The molecule has 1 aliphatic heterocycles. The van der Waals surface area contributed by atoms with Crippen molar-refractivity contribution in [1.82, 2.24) is 4.90 Å². The molecule has 0 aromatic carbocycles. The van der Waals surface area contributed by atoms with Gasteiger partial charge in [-0.15, -0.1) is 0 Å². The zero-order valence-corrected chi connectivity index (χ0v) is 8.00. The second-order valence-corrected chi connectivity index (χ2v) is 4.11. The van der Waals surface area contributed by atoms with E-state index in [9.17, 15) is 0 Å². The number of rotatable bonds is 2. The molecule has 2 rings (SSSR count). The third kappa shape index (κ3) is 1.42. The Kier molecular flexibility index (Phi) is 2.50. The minimum absolute atomic E-state index is 0.946. The van der Waals surface area contributed by atoms with E-state index in [4.69, 9.17) is 0 Å². The van der Waals surface area contributed by atoms with E-state index in [1.54, 1.807) is 0 Å². The van der Waals surface area contributed by atoms with Crippen LogP contribution in [0.5, 0.6) is 0 Å². The summed E-state index contributed by atoms with van der Waals surface area (Å²) in [6.45, 7) is 4.65. The van der Waals surface area contributed by atoms with Crippen LogP contribution < -0.4 is 0 Å². The zero-order chi connectivity index (χ0) is 8.39. The van der Waals surface area contributed by atoms with Crippen molar-refractivity contribution in [2.45, 2.75) is 38.6 Å². The molecule has 0 aromatic rings. The monoisotopic (exact) mass is 165 g/mol. The fourth-order valence-corrected chi connectivity index (χ4v) is 2.80. The maximum atomic E-state index is 2.66. The summed E-state index contributed by atoms with van der Waals surface area (Å²) in [6, 6.07) is 0.946. The lowest BCUT2D eigenvalue weighted by Gasteiger charge is -2.21. The SMILES string of the molecule is C/C=C/CN1CCC2CCCC21. The van der Waals surface area contributed by atoms with Gasteiger partial charge in [0.2, 0.25) is 0 Å². The summed E-state index contributed by atoms with van der Waals surface area (Å²) in [5.41, 5.74) is 0. The van der Waals surface area contributed by atoms with Gasteiger partial charge >= 0.3 is 0 Å². The van der Waals surface area contributed by atoms with Crippen LogP contribution in [0.4, 0.5) is 0 Å². The van der Waals surface area contributed by atoms with Gasteiger partial charge in [-0.1, -0.05) is 18.6 Å². The molecule has 1 heteroatoms. The number of hydrogen-bond acceptors (Lipinski definition) is 1. The molecule has 2 fully saturated rings. The molecule has 1 saturated heterocycles. The highest BCUT2D eigenvalue weighted by molar-refractivity contribution is 4.94. The standard InChI is InChI=1S/C11H19N/c1-2-3-8-12-9-7-10-5-4-6-11(10)12/h2-3,10-11H,4-9H2,1H3/b3-2+. The van der Waals surface area contributed by atoms with Gasteiger partial charge in [0.15, 0.2) is 0 Å². The number of nitrogens with zero attached hydrogens (tertiary/aromatic N) is 1. The highest BCUT2D eigenvalue weighted by atomic mass is 15.2. The molecule has 1 aliphatic carbocycles. The van der Waals surface area contributed by atoms with Crippen LogP contribution in [-0.4, -0.2) is 24.0 Å². The van der Waals surface area contributed by atoms with E-state index in [0.29, 0.717) is 0 Å². The van der Waals surface area contributed by atoms with Gasteiger partial charge in [-0.25, -0.2) is 0 Å². The fraction of sp³-hybridized carbons (Fsp3) is 0.818. The van der Waals surface area contributed by atoms with E-state index in [2.05, 4.69) is 24.0 Å². The molecule has 2 atom stereocenters. The van der Waals surface area contributed by atoms with Gasteiger partial charge in [0.1, 0.15) is 0 Å². The Morgan fingerprint density at radius 3 is 3.08 bits per heavy atom. The highest BCUT2D eigenvalue weighted by Gasteiger charge is 2.36. The second kappa shape index (κ2) is 3.61. The Morgan fingerprint density at radius 2 is 2.25 bits per heavy atom. The second-order valence-electron chi connectivity index (χ2n) is 4.11. The summed E-state index contributed by atoms with van der Waals surface area (Å²) in [6.07, 6.45) is 10.4. The molecule has 1 heterocycles. The molecule has 0 spiro atoms. The fourth-order valence-electron chi connectivity index (χ4n) is 2.80. The first-order valence-electron chi connectivity index (χ1n) is 5.27. The Morgan fingerprint density at radius 1 is 1.33 bits per heavy atom. The van der Waals surface area contributed by atoms with Gasteiger partial charge in [0.05, 0.1) is 0 Å². The van der Waals surface area contributed by atoms with Crippen LogP contribution in [0, 0.1) is 5.92 Å². The molecule has 2 aliphatic rings. The number of fused-ring (bicyclic) bond motifs is 1. The molecule has 68 valence electrons. The highest BCUT2D eigenvalue weighted by Crippen LogP contribution is 2.37. The third-order valence-corrected chi connectivity index (χ3v) is 3.45. The quantitative estimate of drug-likeness (QED) is 0.568. The van der Waals surface area contributed by atoms with Gasteiger partial charge in [0.25, 0.3) is 0 Å². The van der Waals surface area contributed by atoms with Crippen molar-refractivity contribution in [3.05, 3.63) is 12.2 Å². The lowest BCUT2D eigenvalue weighted by molar-refractivity contribution is 0.266. The molecule has 0 amide bonds. The van der Waals surface area contributed by atoms with Crippen LogP contribution in [0.3, 0.4) is 0 Å². The maximum absolute atomic E-state index is 2.66. The van der Waals surface area contributed by atoms with E-state index < -0.39 is 0 Å². The molecule has 0 bridgehead atoms. The number of allylic oxidation sites excluding steroid dienone is 1. The van der Waals surface area contributed by atoms with Crippen molar-refractivity contribution in [1.29, 1.82) is 0 Å². The smallest absolute Gasteiger partial charge is 0.0166 e. The Balaban J connectivity index is 1.90. The Bertz CT molecular complexity index is 174. The molecular formula is C11H19N. The summed E-state index contributed by atoms with van der Waals surface area (Å²) >= 11 is 0. The van der Waals surface area contributed by atoms with Crippen molar-refractivity contribution in [3.8, 4) is 0 Å². The van der Waals surface area contributed by atoms with Crippen molar-refractivity contribution < 1.29 is 0 Å². The predicted molar refractivity (Wildman–Crippen MR) is 52.1 cm³/mol. The first-order chi connectivity index (χ1) is 5.92. The number of likely N-dealkylation sites (tertiary alicyclic amines) is 1. The molecule has 12 heavy (non-hydrogen) atoms. The lowest BCUT2D eigenvalue weighted by atomic mass is 10.1. The van der Waals surface area contributed by atoms with E-state index in [1.165, 1.54) is 38.8 Å². The Labute approximate surface area is 75.4 Å². The number of hydrogen-bond donors (Lipinski definition) is 0. The van der Waals surface area contributed by atoms with E-state index in [1.807, 2.05) is 0 Å². The Hall–Kier alpha value is -0.300. The van der Waals surface area contributed by atoms with Crippen LogP contribution in [0.1, 0.15) is 32.6 Å². The average Bonchev–Trinajstić information content (AvgIpc) is 2.62. The molecule has 0 radical (unpaired) electrons. The van der Waals surface area contributed by atoms with E-state index in [0.717, 1.165) is 12.0 Å². The summed E-state index contributed by atoms with van der Waals surface area (Å²) in [5, 5.41) is 0. The van der Waals surface area contributed by atoms with E-state index >= 15 is 0 Å². The first kappa shape index (κ1) is 8.31. The minimum Gasteiger partial charge on any atom is -0.296 e. The van der Waals surface area contributed by atoms with Crippen LogP contribution in [0.15, 0.2) is 12.2 Å². The predicted octanol–water partition coefficient (Wildman–Crippen LogP) is 2.44. The largest absolute Gasteiger partial charge is 0.296 e. The summed E-state index contributed by atoms with van der Waals surface area (Å²) in [5.74, 6) is 1.05. The van der Waals surface area contributed by atoms with E-state index in [-0.39, 0.29) is 0 Å². The van der Waals surface area contributed by atoms with Crippen molar-refractivity contribution in [2.24, 2.45) is 5.92 Å². The molecule has 1 saturated carbocycles. The van der Waals surface area contributed by atoms with Gasteiger partial charge in [-0.05, 0) is 38.6 Å². The molecule has 2 unspecified atom stereocenters. The summed E-state index contributed by atoms with van der Waals surface area (Å²) < 4.78 is 0. The average molecular weight is 165 g/mol.